The second kappa shape index (κ2) is 9.44. The average Bonchev–Trinajstić information content (AvgIpc) is 3.26. The van der Waals surface area contributed by atoms with Gasteiger partial charge in [-0.2, -0.15) is 0 Å². The van der Waals surface area contributed by atoms with Crippen LogP contribution in [0.15, 0.2) is 47.3 Å². The van der Waals surface area contributed by atoms with Gasteiger partial charge in [0, 0.05) is 19.0 Å². The maximum absolute atomic E-state index is 13.0. The highest BCUT2D eigenvalue weighted by Gasteiger charge is 2.27. The number of nitrogens with zero attached hydrogens (tertiary/aromatic N) is 5. The van der Waals surface area contributed by atoms with Crippen molar-refractivity contribution >= 4 is 17.1 Å². The molecule has 4 aromatic rings. The van der Waals surface area contributed by atoms with Crippen LogP contribution in [0.1, 0.15) is 52.4 Å². The van der Waals surface area contributed by atoms with E-state index in [1.54, 1.807) is 4.68 Å². The van der Waals surface area contributed by atoms with Crippen molar-refractivity contribution in [2.45, 2.75) is 52.5 Å². The quantitative estimate of drug-likeness (QED) is 0.482. The van der Waals surface area contributed by atoms with Gasteiger partial charge in [-0.3, -0.25) is 9.59 Å². The number of fused-ring (bicyclic) bond motifs is 1. The molecule has 1 saturated heterocycles. The van der Waals surface area contributed by atoms with Gasteiger partial charge in [-0.05, 0) is 50.3 Å². The molecule has 3 heterocycles. The van der Waals surface area contributed by atoms with Crippen LogP contribution in [0.4, 0.5) is 0 Å². The Hall–Kier alpha value is -3.81. The summed E-state index contributed by atoms with van der Waals surface area (Å²) in [5.74, 6) is 0.662. The van der Waals surface area contributed by atoms with Gasteiger partial charge in [0.05, 0.1) is 13.0 Å². The normalized spacial score (nSPS) is 16.1. The zero-order valence-corrected chi connectivity index (χ0v) is 20.4. The number of nitrogens with one attached hydrogen (secondary N) is 1. The molecule has 0 radical (unpaired) electrons. The van der Waals surface area contributed by atoms with E-state index in [9.17, 15) is 9.59 Å². The monoisotopic (exact) mass is 470 g/mol. The van der Waals surface area contributed by atoms with Crippen molar-refractivity contribution in [2.75, 3.05) is 13.1 Å². The molecule has 8 heteroatoms. The molecule has 8 nitrogen and oxygen atoms in total. The van der Waals surface area contributed by atoms with Crippen molar-refractivity contribution in [3.05, 3.63) is 86.5 Å². The number of H-pyrrole nitrogens is 1. The summed E-state index contributed by atoms with van der Waals surface area (Å²) in [6.07, 6.45) is 2.11. The summed E-state index contributed by atoms with van der Waals surface area (Å²) in [4.78, 5) is 35.4. The molecule has 1 fully saturated rings. The van der Waals surface area contributed by atoms with Crippen LogP contribution in [0.25, 0.3) is 11.2 Å². The minimum absolute atomic E-state index is 0.0353. The van der Waals surface area contributed by atoms with Crippen LogP contribution in [0, 0.1) is 20.8 Å². The number of aromatic nitrogens is 5. The van der Waals surface area contributed by atoms with E-state index < -0.39 is 0 Å². The number of likely N-dealkylation sites (tertiary alicyclic amines) is 1. The first-order valence-corrected chi connectivity index (χ1v) is 12.1. The van der Waals surface area contributed by atoms with Gasteiger partial charge in [0.25, 0.3) is 5.56 Å². The number of hydrogen-bond donors (Lipinski definition) is 1. The van der Waals surface area contributed by atoms with Gasteiger partial charge in [-0.1, -0.05) is 58.8 Å². The number of aryl methyl sites for hydroxylation is 3. The third-order valence-electron chi connectivity index (χ3n) is 6.85. The highest BCUT2D eigenvalue weighted by atomic mass is 16.2. The summed E-state index contributed by atoms with van der Waals surface area (Å²) in [5, 5.41) is 8.32. The van der Waals surface area contributed by atoms with Crippen molar-refractivity contribution in [1.82, 2.24) is 29.9 Å². The van der Waals surface area contributed by atoms with Crippen molar-refractivity contribution in [1.29, 1.82) is 0 Å². The predicted octanol–water partition coefficient (Wildman–Crippen LogP) is 3.44. The fraction of sp³-hybridized carbons (Fsp3) is 0.370. The SMILES string of the molecule is Cc1ccc(CC(=O)N2CCCC(c3nc4c(nnn4Cc4cc(C)ccc4C)c(=O)[nH]3)C2)cc1. The molecule has 1 unspecified atom stereocenters. The highest BCUT2D eigenvalue weighted by molar-refractivity contribution is 5.79. The number of carbonyl (C=O) groups is 1. The number of hydrogen-bond acceptors (Lipinski definition) is 5. The second-order valence-corrected chi connectivity index (χ2v) is 9.64. The van der Waals surface area contributed by atoms with Crippen molar-refractivity contribution in [3.63, 3.8) is 0 Å². The molecule has 0 spiro atoms. The van der Waals surface area contributed by atoms with Crippen LogP contribution in [0.2, 0.25) is 0 Å². The lowest BCUT2D eigenvalue weighted by molar-refractivity contribution is -0.131. The first kappa shape index (κ1) is 23.0. The Labute approximate surface area is 204 Å². The maximum Gasteiger partial charge on any atom is 0.281 e. The molecular formula is C27H30N6O2. The van der Waals surface area contributed by atoms with Crippen molar-refractivity contribution in [2.24, 2.45) is 0 Å². The molecule has 0 aliphatic carbocycles. The van der Waals surface area contributed by atoms with E-state index >= 15 is 0 Å². The fourth-order valence-corrected chi connectivity index (χ4v) is 4.73. The molecule has 180 valence electrons. The van der Waals surface area contributed by atoms with Gasteiger partial charge in [-0.15, -0.1) is 5.10 Å². The van der Waals surface area contributed by atoms with Gasteiger partial charge < -0.3 is 9.88 Å². The van der Waals surface area contributed by atoms with Crippen molar-refractivity contribution in [3.8, 4) is 0 Å². The molecule has 0 saturated carbocycles. The largest absolute Gasteiger partial charge is 0.342 e. The second-order valence-electron chi connectivity index (χ2n) is 9.64. The van der Waals surface area contributed by atoms with Crippen LogP contribution in [0.3, 0.4) is 0 Å². The summed E-state index contributed by atoms with van der Waals surface area (Å²) in [6, 6.07) is 14.4. The Morgan fingerprint density at radius 2 is 1.86 bits per heavy atom. The van der Waals surface area contributed by atoms with E-state index in [-0.39, 0.29) is 22.9 Å². The van der Waals surface area contributed by atoms with E-state index in [1.807, 2.05) is 36.1 Å². The van der Waals surface area contributed by atoms with Gasteiger partial charge in [0.2, 0.25) is 5.91 Å². The van der Waals surface area contributed by atoms with Crippen LogP contribution in [-0.2, 0) is 17.8 Å². The molecule has 1 amide bonds. The van der Waals surface area contributed by atoms with Crippen LogP contribution < -0.4 is 5.56 Å². The van der Waals surface area contributed by atoms with E-state index in [4.69, 9.17) is 4.98 Å². The first-order chi connectivity index (χ1) is 16.9. The zero-order chi connectivity index (χ0) is 24.5. The summed E-state index contributed by atoms with van der Waals surface area (Å²) in [5.41, 5.74) is 6.05. The molecule has 0 bridgehead atoms. The Kier molecular flexibility index (Phi) is 6.19. The maximum atomic E-state index is 13.0. The first-order valence-electron chi connectivity index (χ1n) is 12.1. The third kappa shape index (κ3) is 4.87. The molecule has 35 heavy (non-hydrogen) atoms. The number of carbonyl (C=O) groups excluding carboxylic acids is 1. The minimum Gasteiger partial charge on any atom is -0.342 e. The molecule has 1 N–H and O–H groups in total. The molecule has 1 aliphatic heterocycles. The highest BCUT2D eigenvalue weighted by Crippen LogP contribution is 2.25. The minimum atomic E-state index is -0.291. The molecule has 2 aromatic carbocycles. The lowest BCUT2D eigenvalue weighted by Gasteiger charge is -2.32. The van der Waals surface area contributed by atoms with Gasteiger partial charge in [-0.25, -0.2) is 9.67 Å². The average molecular weight is 471 g/mol. The summed E-state index contributed by atoms with van der Waals surface area (Å²) < 4.78 is 1.69. The number of benzene rings is 2. The van der Waals surface area contributed by atoms with E-state index in [2.05, 4.69) is 47.3 Å². The van der Waals surface area contributed by atoms with Gasteiger partial charge in [0.1, 0.15) is 5.82 Å². The van der Waals surface area contributed by atoms with Crippen LogP contribution in [-0.4, -0.2) is 48.9 Å². The Balaban J connectivity index is 1.38. The smallest absolute Gasteiger partial charge is 0.281 e. The van der Waals surface area contributed by atoms with Gasteiger partial charge in [0.15, 0.2) is 11.2 Å². The number of rotatable bonds is 5. The molecule has 2 aromatic heterocycles. The van der Waals surface area contributed by atoms with E-state index in [0.29, 0.717) is 31.0 Å². The fourth-order valence-electron chi connectivity index (χ4n) is 4.73. The van der Waals surface area contributed by atoms with E-state index in [0.717, 1.165) is 36.1 Å². The zero-order valence-electron chi connectivity index (χ0n) is 20.4. The lowest BCUT2D eigenvalue weighted by Crippen LogP contribution is -2.40. The number of aromatic amines is 1. The summed E-state index contributed by atoms with van der Waals surface area (Å²) >= 11 is 0. The summed E-state index contributed by atoms with van der Waals surface area (Å²) in [6.45, 7) is 7.90. The topological polar surface area (TPSA) is 96.8 Å². The summed E-state index contributed by atoms with van der Waals surface area (Å²) in [7, 11) is 0. The third-order valence-corrected chi connectivity index (χ3v) is 6.85. The molecule has 5 rings (SSSR count). The number of piperidine rings is 1. The number of amides is 1. The lowest BCUT2D eigenvalue weighted by atomic mass is 9.96. The van der Waals surface area contributed by atoms with Crippen molar-refractivity contribution < 1.29 is 4.79 Å². The Bertz CT molecular complexity index is 1440. The molecule has 1 atom stereocenters. The standard InChI is InChI=1S/C27H30N6O2/c1-17-7-10-20(11-8-17)14-23(34)32-12-4-5-21(15-32)25-28-26-24(27(35)29-25)30-31-33(26)16-22-13-18(2)6-9-19(22)3/h6-11,13,21H,4-5,12,14-16H2,1-3H3,(H,28,29,35). The Morgan fingerprint density at radius 3 is 2.66 bits per heavy atom. The predicted molar refractivity (Wildman–Crippen MR) is 134 cm³/mol. The van der Waals surface area contributed by atoms with Crippen LogP contribution in [0.5, 0.6) is 0 Å². The van der Waals surface area contributed by atoms with Crippen LogP contribution >= 0.6 is 0 Å². The van der Waals surface area contributed by atoms with Gasteiger partial charge >= 0.3 is 0 Å². The Morgan fingerprint density at radius 1 is 1.09 bits per heavy atom. The molecular weight excluding hydrogens is 440 g/mol. The molecule has 1 aliphatic rings. The van der Waals surface area contributed by atoms with E-state index in [1.165, 1.54) is 11.1 Å².